The Morgan fingerprint density at radius 2 is 1.32 bits per heavy atom. The molecule has 2 nitrogen and oxygen atoms in total. The number of nitrogens with one attached hydrogen (secondary N) is 2. The van der Waals surface area contributed by atoms with E-state index in [1.165, 1.54) is 24.0 Å². The van der Waals surface area contributed by atoms with Crippen molar-refractivity contribution in [2.24, 2.45) is 11.8 Å². The van der Waals surface area contributed by atoms with Gasteiger partial charge in [0.2, 0.25) is 0 Å². The van der Waals surface area contributed by atoms with Crippen molar-refractivity contribution in [3.05, 3.63) is 65.8 Å². The Bertz CT molecular complexity index is 1060. The Balaban J connectivity index is 0. The number of hydrogen-bond donors (Lipinski definition) is 2. The molecule has 1 saturated carbocycles. The standard InChI is InChI=1S/C9H11.C9H7.2C4H10N.6CH3.2ClH.2H4Si.2Ti/c2*1-2-5-9-7-3-6-8(9)4-1;2*1-4(2,3)5;;;;;;;;;;;;/h1-2,4-6,8-9H,3,7H2;1-7H;2*5H,1-3H3;6*1H3;2*1H;2*1H4;;/q;;2*-1;;;;;;;;;;;+1;+3/p-2. The van der Waals surface area contributed by atoms with Crippen molar-refractivity contribution in [1.82, 2.24) is 7.60 Å². The van der Waals surface area contributed by atoms with E-state index in [1.54, 1.807) is 0 Å². The summed E-state index contributed by atoms with van der Waals surface area (Å²) in [6.45, 7) is 13.8. The molecule has 0 aliphatic heterocycles. The minimum absolute atomic E-state index is 0. The number of hydrogen-bond acceptors (Lipinski definition) is 2. The Hall–Kier alpha value is 0.802. The van der Waals surface area contributed by atoms with E-state index in [2.05, 4.69) is 141 Å². The average molecular weight is 700 g/mol. The average Bonchev–Trinajstić information content (AvgIpc) is 3.29. The van der Waals surface area contributed by atoms with Crippen LogP contribution in [0.5, 0.6) is 0 Å². The van der Waals surface area contributed by atoms with E-state index in [4.69, 9.17) is 0 Å². The second-order valence-electron chi connectivity index (χ2n) is 17.4. The number of allylic oxidation sites excluding steroid dienone is 5. The monoisotopic (exact) mass is 698 g/mol. The van der Waals surface area contributed by atoms with E-state index in [1.807, 2.05) is 0 Å². The van der Waals surface area contributed by atoms with Crippen molar-refractivity contribution in [1.29, 1.82) is 0 Å². The zero-order valence-corrected chi connectivity index (χ0v) is 30.9. The molecule has 0 radical (unpaired) electrons. The predicted molar refractivity (Wildman–Crippen MR) is 180 cm³/mol. The van der Waals surface area contributed by atoms with Gasteiger partial charge in [-0.25, -0.2) is 0 Å². The molecule has 0 saturated heterocycles. The summed E-state index contributed by atoms with van der Waals surface area (Å²) in [7, 11) is 0. The molecule has 4 atom stereocenters. The fourth-order valence-corrected chi connectivity index (χ4v) is 25.2. The summed E-state index contributed by atoms with van der Waals surface area (Å²) in [5.41, 5.74) is 3.35. The van der Waals surface area contributed by atoms with Gasteiger partial charge in [0, 0.05) is 0 Å². The summed E-state index contributed by atoms with van der Waals surface area (Å²) < 4.78 is 9.55. The van der Waals surface area contributed by atoms with Crippen LogP contribution in [0.3, 0.4) is 0 Å². The van der Waals surface area contributed by atoms with Crippen LogP contribution in [0.1, 0.15) is 69.7 Å². The van der Waals surface area contributed by atoms with Gasteiger partial charge in [-0.2, -0.15) is 0 Å². The van der Waals surface area contributed by atoms with Crippen molar-refractivity contribution in [3.8, 4) is 0 Å². The normalized spacial score (nSPS) is 24.4. The maximum atomic E-state index is 4.15. The quantitative estimate of drug-likeness (QED) is 0.460. The van der Waals surface area contributed by atoms with Gasteiger partial charge in [0.15, 0.2) is 0 Å². The van der Waals surface area contributed by atoms with E-state index < -0.39 is 31.1 Å². The molecule has 0 spiro atoms. The molecule has 40 heavy (non-hydrogen) atoms. The van der Waals surface area contributed by atoms with Crippen molar-refractivity contribution < 1.29 is 55.9 Å². The van der Waals surface area contributed by atoms with Crippen LogP contribution in [-0.2, 0) is 31.1 Å². The number of fused-ring (bicyclic) bond motifs is 2. The molecule has 4 unspecified atom stereocenters. The van der Waals surface area contributed by atoms with Gasteiger partial charge < -0.3 is 24.8 Å². The van der Waals surface area contributed by atoms with Gasteiger partial charge >= 0.3 is 228 Å². The van der Waals surface area contributed by atoms with Crippen LogP contribution in [0.25, 0.3) is 6.08 Å². The van der Waals surface area contributed by atoms with Gasteiger partial charge in [-0.3, -0.25) is 0 Å². The number of rotatable bonds is 4. The van der Waals surface area contributed by atoms with Gasteiger partial charge in [0.1, 0.15) is 0 Å². The molecule has 1 aromatic rings. The second-order valence-corrected chi connectivity index (χ2v) is 42.3. The molecule has 1 aromatic carbocycles. The molecule has 232 valence electrons. The van der Waals surface area contributed by atoms with Gasteiger partial charge in [0.25, 0.3) is 0 Å². The predicted octanol–water partition coefficient (Wildman–Crippen LogP) is 1.06. The van der Waals surface area contributed by atoms with Crippen LogP contribution >= 0.6 is 0 Å². The fraction of sp³-hybridized carbons (Fsp3) is 0.625. The van der Waals surface area contributed by atoms with Crippen LogP contribution in [0.15, 0.2) is 54.6 Å². The molecule has 2 N–H and O–H groups in total. The molecule has 3 aliphatic carbocycles. The number of halogens is 2. The largest absolute Gasteiger partial charge is 1.00 e. The summed E-state index contributed by atoms with van der Waals surface area (Å²) in [5.74, 6) is 1.55. The summed E-state index contributed by atoms with van der Waals surface area (Å²) in [6, 6.07) is 8.80. The fourth-order valence-electron chi connectivity index (χ4n) is 8.20. The first kappa shape index (κ1) is 42.9. The molecule has 0 aromatic heterocycles. The second kappa shape index (κ2) is 13.8. The van der Waals surface area contributed by atoms with Crippen LogP contribution < -0.4 is 32.4 Å². The summed E-state index contributed by atoms with van der Waals surface area (Å²) in [6.07, 6.45) is 16.9. The first-order valence-electron chi connectivity index (χ1n) is 14.3. The third kappa shape index (κ3) is 11.1. The Morgan fingerprint density at radius 3 is 1.88 bits per heavy atom. The van der Waals surface area contributed by atoms with Crippen LogP contribution in [0.2, 0.25) is 35.6 Å². The molecular formula is C32H64Cl2N2Si2Ti2. The first-order valence-corrected chi connectivity index (χ1v) is 27.0. The van der Waals surface area contributed by atoms with Gasteiger partial charge in [-0.1, -0.05) is 0 Å². The Labute approximate surface area is 272 Å². The Morgan fingerprint density at radius 1 is 0.775 bits per heavy atom. The molecule has 0 bridgehead atoms. The molecule has 4 rings (SSSR count). The van der Waals surface area contributed by atoms with Crippen molar-refractivity contribution >= 4 is 28.0 Å². The third-order valence-corrected chi connectivity index (χ3v) is 23.1. The van der Waals surface area contributed by atoms with Crippen LogP contribution in [0.4, 0.5) is 0 Å². The first-order chi connectivity index (χ1) is 16.1. The molecule has 1 fully saturated rings. The summed E-state index contributed by atoms with van der Waals surface area (Å²) in [4.78, 5) is 0. The van der Waals surface area contributed by atoms with E-state index in [-0.39, 0.29) is 57.8 Å². The van der Waals surface area contributed by atoms with E-state index in [9.17, 15) is 0 Å². The van der Waals surface area contributed by atoms with E-state index >= 15 is 0 Å². The van der Waals surface area contributed by atoms with Gasteiger partial charge in [0.05, 0.1) is 0 Å². The van der Waals surface area contributed by atoms with Crippen molar-refractivity contribution in [2.75, 3.05) is 0 Å². The van der Waals surface area contributed by atoms with E-state index in [0.717, 1.165) is 16.1 Å². The minimum Gasteiger partial charge on any atom is -1.00 e. The molecule has 8 heteroatoms. The van der Waals surface area contributed by atoms with Crippen LogP contribution in [0, 0.1) is 11.8 Å². The van der Waals surface area contributed by atoms with Gasteiger partial charge in [-0.15, -0.1) is 0 Å². The summed E-state index contributed by atoms with van der Waals surface area (Å²) in [5, 5.41) is 15.4. The zero-order valence-electron chi connectivity index (χ0n) is 26.3. The minimum atomic E-state index is -3.20. The maximum absolute atomic E-state index is 4.15. The molecule has 0 heterocycles. The topological polar surface area (TPSA) is 24.1 Å². The molecule has 3 aliphatic rings. The van der Waals surface area contributed by atoms with E-state index in [0.29, 0.717) is 4.22 Å². The number of benzene rings is 1. The van der Waals surface area contributed by atoms with Crippen LogP contribution in [-0.4, -0.2) is 33.0 Å². The third-order valence-electron chi connectivity index (χ3n) is 8.46. The SMILES string of the molecule is CC(C)(C)[NH][Ti+2]([CH3])([CH3])[CH]1C=Cc2ccccc21.CC(C)(C)[NH][Ti]([CH3])([CH3])([CH3])([CH3])[CH]1CCC2C=CC=CC21.[Cl-].[Cl-].[SiH4].[SiH4]. The van der Waals surface area contributed by atoms with Gasteiger partial charge in [-0.05, 0) is 21.9 Å². The maximum Gasteiger partial charge on any atom is -0.0149 e. The summed E-state index contributed by atoms with van der Waals surface area (Å²) >= 11 is -5.24. The Kier molecular flexibility index (Phi) is 14.9. The van der Waals surface area contributed by atoms with Crippen molar-refractivity contribution in [3.63, 3.8) is 0 Å². The molecular weight excluding hydrogens is 635 g/mol. The smallest absolute Gasteiger partial charge is 0.0149 e. The molecule has 0 amide bonds. The zero-order chi connectivity index (χ0) is 27.3. The van der Waals surface area contributed by atoms with Crippen molar-refractivity contribution in [2.45, 2.75) is 105 Å².